The molecule has 1 saturated carbocycles. The molecule has 3 rings (SSSR count). The summed E-state index contributed by atoms with van der Waals surface area (Å²) in [6.07, 6.45) is 2.69. The number of benzene rings is 1. The number of alkyl halides is 1. The van der Waals surface area contributed by atoms with Gasteiger partial charge in [-0.3, -0.25) is 0 Å². The lowest BCUT2D eigenvalue weighted by Gasteiger charge is -2.17. The Hall–Kier alpha value is -0.580. The third-order valence-corrected chi connectivity index (χ3v) is 4.49. The van der Waals surface area contributed by atoms with Crippen molar-refractivity contribution >= 4 is 38.6 Å². The Bertz CT molecular complexity index is 592. The third-order valence-electron chi connectivity index (χ3n) is 3.76. The number of hydrogen-bond acceptors (Lipinski definition) is 2. The van der Waals surface area contributed by atoms with E-state index in [1.165, 1.54) is 18.4 Å². The summed E-state index contributed by atoms with van der Waals surface area (Å²) in [6.45, 7) is 2.00. The van der Waals surface area contributed by atoms with Crippen molar-refractivity contribution in [2.24, 2.45) is 0 Å². The van der Waals surface area contributed by atoms with Gasteiger partial charge in [-0.05, 0) is 38.1 Å². The zero-order valence-electron chi connectivity index (χ0n) is 10.9. The van der Waals surface area contributed by atoms with Crippen molar-refractivity contribution in [1.29, 1.82) is 0 Å². The number of likely N-dealkylation sites (N-methyl/N-ethyl adjacent to an activating group) is 1. The molecule has 0 aliphatic heterocycles. The Morgan fingerprint density at radius 1 is 1.47 bits per heavy atom. The van der Waals surface area contributed by atoms with Crippen molar-refractivity contribution in [3.63, 3.8) is 0 Å². The van der Waals surface area contributed by atoms with Crippen molar-refractivity contribution < 1.29 is 0 Å². The zero-order valence-corrected chi connectivity index (χ0v) is 13.3. The summed E-state index contributed by atoms with van der Waals surface area (Å²) in [7, 11) is 2.20. The van der Waals surface area contributed by atoms with Gasteiger partial charge in [0.2, 0.25) is 0 Å². The van der Waals surface area contributed by atoms with Crippen LogP contribution in [0.2, 0.25) is 0 Å². The largest absolute Gasteiger partial charge is 0.326 e. The molecule has 1 aromatic heterocycles. The van der Waals surface area contributed by atoms with Gasteiger partial charge in [-0.1, -0.05) is 15.9 Å². The van der Waals surface area contributed by atoms with Gasteiger partial charge in [0, 0.05) is 23.6 Å². The van der Waals surface area contributed by atoms with Crippen LogP contribution in [0.1, 0.15) is 18.7 Å². The van der Waals surface area contributed by atoms with E-state index in [-0.39, 0.29) is 0 Å². The van der Waals surface area contributed by atoms with Crippen LogP contribution in [-0.4, -0.2) is 34.1 Å². The molecule has 0 spiro atoms. The minimum absolute atomic E-state index is 0.458. The molecule has 3 nitrogen and oxygen atoms in total. The Kier molecular flexibility index (Phi) is 3.83. The first-order valence-electron chi connectivity index (χ1n) is 6.60. The van der Waals surface area contributed by atoms with E-state index in [0.29, 0.717) is 5.88 Å². The number of rotatable bonds is 5. The molecule has 102 valence electrons. The highest BCUT2D eigenvalue weighted by atomic mass is 79.9. The Morgan fingerprint density at radius 2 is 2.26 bits per heavy atom. The average molecular weight is 343 g/mol. The lowest BCUT2D eigenvalue weighted by atomic mass is 10.3. The summed E-state index contributed by atoms with van der Waals surface area (Å²) >= 11 is 9.51. The molecular weight excluding hydrogens is 326 g/mol. The van der Waals surface area contributed by atoms with E-state index in [0.717, 1.165) is 34.9 Å². The summed E-state index contributed by atoms with van der Waals surface area (Å²) in [5, 5.41) is 0. The van der Waals surface area contributed by atoms with Gasteiger partial charge in [-0.15, -0.1) is 11.6 Å². The van der Waals surface area contributed by atoms with Crippen molar-refractivity contribution in [3.05, 3.63) is 28.5 Å². The number of fused-ring (bicyclic) bond motifs is 1. The first-order chi connectivity index (χ1) is 9.19. The molecule has 0 amide bonds. The number of halogens is 2. The van der Waals surface area contributed by atoms with Gasteiger partial charge in [0.1, 0.15) is 5.82 Å². The van der Waals surface area contributed by atoms with Crippen molar-refractivity contribution in [2.45, 2.75) is 31.3 Å². The molecule has 0 bridgehead atoms. The second-order valence-electron chi connectivity index (χ2n) is 5.16. The standard InChI is InChI=1S/C14H17BrClN3/c1-18(11-3-4-11)6-7-19-13-5-2-10(15)8-12(13)17-14(19)9-16/h2,5,8,11H,3-4,6-7,9H2,1H3. The summed E-state index contributed by atoms with van der Waals surface area (Å²) in [5.74, 6) is 1.42. The van der Waals surface area contributed by atoms with E-state index in [4.69, 9.17) is 11.6 Å². The summed E-state index contributed by atoms with van der Waals surface area (Å²) in [4.78, 5) is 7.05. The van der Waals surface area contributed by atoms with Crippen LogP contribution in [0.5, 0.6) is 0 Å². The van der Waals surface area contributed by atoms with Crippen LogP contribution in [0.15, 0.2) is 22.7 Å². The van der Waals surface area contributed by atoms with E-state index in [1.54, 1.807) is 0 Å². The van der Waals surface area contributed by atoms with Crippen molar-refractivity contribution in [1.82, 2.24) is 14.5 Å². The average Bonchev–Trinajstić information content (AvgIpc) is 3.18. The smallest absolute Gasteiger partial charge is 0.124 e. The Balaban J connectivity index is 1.87. The minimum atomic E-state index is 0.458. The second-order valence-corrected chi connectivity index (χ2v) is 6.34. The van der Waals surface area contributed by atoms with Crippen LogP contribution in [0.3, 0.4) is 0 Å². The van der Waals surface area contributed by atoms with E-state index in [1.807, 2.05) is 6.07 Å². The molecule has 1 aliphatic carbocycles. The van der Waals surface area contributed by atoms with E-state index in [9.17, 15) is 0 Å². The highest BCUT2D eigenvalue weighted by Crippen LogP contribution is 2.26. The highest BCUT2D eigenvalue weighted by Gasteiger charge is 2.25. The maximum atomic E-state index is 6.02. The molecule has 0 N–H and O–H groups in total. The van der Waals surface area contributed by atoms with Crippen LogP contribution in [0, 0.1) is 0 Å². The molecule has 1 aliphatic rings. The van der Waals surface area contributed by atoms with Gasteiger partial charge in [0.15, 0.2) is 0 Å². The molecule has 0 unspecified atom stereocenters. The van der Waals surface area contributed by atoms with Crippen LogP contribution in [0.4, 0.5) is 0 Å². The zero-order chi connectivity index (χ0) is 13.4. The normalized spacial score (nSPS) is 15.6. The molecule has 2 aromatic rings. The Morgan fingerprint density at radius 3 is 2.95 bits per heavy atom. The van der Waals surface area contributed by atoms with Gasteiger partial charge in [0.05, 0.1) is 16.9 Å². The fourth-order valence-electron chi connectivity index (χ4n) is 2.46. The molecule has 1 aromatic carbocycles. The van der Waals surface area contributed by atoms with Crippen LogP contribution < -0.4 is 0 Å². The molecule has 0 radical (unpaired) electrons. The van der Waals surface area contributed by atoms with Crippen LogP contribution in [-0.2, 0) is 12.4 Å². The second kappa shape index (κ2) is 5.43. The fraction of sp³-hybridized carbons (Fsp3) is 0.500. The number of aromatic nitrogens is 2. The predicted molar refractivity (Wildman–Crippen MR) is 82.6 cm³/mol. The molecular formula is C14H17BrClN3. The highest BCUT2D eigenvalue weighted by molar-refractivity contribution is 9.10. The lowest BCUT2D eigenvalue weighted by Crippen LogP contribution is -2.25. The predicted octanol–water partition coefficient (Wildman–Crippen LogP) is 3.63. The van der Waals surface area contributed by atoms with Crippen molar-refractivity contribution in [3.8, 4) is 0 Å². The lowest BCUT2D eigenvalue weighted by molar-refractivity contribution is 0.309. The van der Waals surface area contributed by atoms with Gasteiger partial charge in [-0.2, -0.15) is 0 Å². The maximum Gasteiger partial charge on any atom is 0.124 e. The minimum Gasteiger partial charge on any atom is -0.326 e. The van der Waals surface area contributed by atoms with E-state index >= 15 is 0 Å². The third kappa shape index (κ3) is 2.81. The summed E-state index contributed by atoms with van der Waals surface area (Å²) < 4.78 is 3.30. The van der Waals surface area contributed by atoms with E-state index in [2.05, 4.69) is 49.6 Å². The number of hydrogen-bond donors (Lipinski definition) is 0. The monoisotopic (exact) mass is 341 g/mol. The summed E-state index contributed by atoms with van der Waals surface area (Å²) in [5.41, 5.74) is 2.18. The molecule has 1 fully saturated rings. The van der Waals surface area contributed by atoms with Gasteiger partial charge in [0.25, 0.3) is 0 Å². The van der Waals surface area contributed by atoms with Crippen LogP contribution >= 0.6 is 27.5 Å². The van der Waals surface area contributed by atoms with Crippen molar-refractivity contribution in [2.75, 3.05) is 13.6 Å². The van der Waals surface area contributed by atoms with E-state index < -0.39 is 0 Å². The Labute approximate surface area is 126 Å². The molecule has 5 heteroatoms. The van der Waals surface area contributed by atoms with Gasteiger partial charge in [-0.25, -0.2) is 4.98 Å². The topological polar surface area (TPSA) is 21.1 Å². The van der Waals surface area contributed by atoms with Gasteiger partial charge < -0.3 is 9.47 Å². The molecule has 0 saturated heterocycles. The SMILES string of the molecule is CN(CCn1c(CCl)nc2cc(Br)ccc21)C1CC1. The first kappa shape index (κ1) is 13.4. The number of imidazole rings is 1. The maximum absolute atomic E-state index is 6.02. The molecule has 19 heavy (non-hydrogen) atoms. The molecule has 1 heterocycles. The fourth-order valence-corrected chi connectivity index (χ4v) is 3.01. The quantitative estimate of drug-likeness (QED) is 0.774. The first-order valence-corrected chi connectivity index (χ1v) is 7.92. The number of nitrogens with zero attached hydrogens (tertiary/aromatic N) is 3. The van der Waals surface area contributed by atoms with Crippen LogP contribution in [0.25, 0.3) is 11.0 Å². The molecule has 0 atom stereocenters. The summed E-state index contributed by atoms with van der Waals surface area (Å²) in [6, 6.07) is 7.01. The van der Waals surface area contributed by atoms with Gasteiger partial charge >= 0.3 is 0 Å².